The van der Waals surface area contributed by atoms with Crippen LogP contribution in [0.2, 0.25) is 0 Å². The molecule has 12 heteroatoms. The van der Waals surface area contributed by atoms with Gasteiger partial charge in [-0.1, -0.05) is 6.58 Å². The third-order valence-electron chi connectivity index (χ3n) is 4.99. The maximum absolute atomic E-state index is 15.3. The molecule has 11 nitrogen and oxygen atoms in total. The molecule has 2 N–H and O–H groups in total. The highest BCUT2D eigenvalue weighted by molar-refractivity contribution is 5.97. The number of likely N-dealkylation sites (N-methyl/N-ethyl adjacent to an activating group) is 1. The van der Waals surface area contributed by atoms with Gasteiger partial charge in [-0.25, -0.2) is 14.4 Å². The van der Waals surface area contributed by atoms with Crippen LogP contribution in [0.1, 0.15) is 5.69 Å². The number of amidine groups is 1. The molecule has 3 rings (SSSR count). The molecule has 0 aliphatic carbocycles. The van der Waals surface area contributed by atoms with Gasteiger partial charge in [0.2, 0.25) is 0 Å². The van der Waals surface area contributed by atoms with Gasteiger partial charge in [-0.3, -0.25) is 20.5 Å². The summed E-state index contributed by atoms with van der Waals surface area (Å²) in [6.07, 6.45) is 8.88. The molecule has 0 bridgehead atoms. The van der Waals surface area contributed by atoms with Gasteiger partial charge in [-0.05, 0) is 6.08 Å². The molecule has 2 aromatic heterocycles. The van der Waals surface area contributed by atoms with Crippen molar-refractivity contribution >= 4 is 36.1 Å². The molecule has 182 valence electrons. The summed E-state index contributed by atoms with van der Waals surface area (Å²) >= 11 is 0. The van der Waals surface area contributed by atoms with Crippen molar-refractivity contribution in [1.29, 1.82) is 10.8 Å². The molecule has 2 heterocycles. The average molecular weight is 480 g/mol. The second-order valence-corrected chi connectivity index (χ2v) is 7.29. The van der Waals surface area contributed by atoms with Crippen LogP contribution in [-0.2, 0) is 7.05 Å². The number of nitrogens with zero attached hydrogens (tertiary/aromatic N) is 7. The van der Waals surface area contributed by atoms with Gasteiger partial charge in [-0.15, -0.1) is 0 Å². The summed E-state index contributed by atoms with van der Waals surface area (Å²) in [6, 6.07) is 2.88. The van der Waals surface area contributed by atoms with Crippen molar-refractivity contribution in [3.8, 4) is 22.8 Å². The Balaban J connectivity index is 2.09. The van der Waals surface area contributed by atoms with Crippen LogP contribution in [-0.4, -0.2) is 71.0 Å². The minimum absolute atomic E-state index is 0.0202. The normalized spacial score (nSPS) is 10.8. The Morgan fingerprint density at radius 3 is 2.66 bits per heavy atom. The first-order valence-corrected chi connectivity index (χ1v) is 10.3. The summed E-state index contributed by atoms with van der Waals surface area (Å²) in [5, 5.41) is 19.8. The van der Waals surface area contributed by atoms with E-state index in [-0.39, 0.29) is 29.6 Å². The SMILES string of the molecule is C=Cc1ncc(-c2cnn(C)c2)nc1N=CN(CC(=N)N(C)C=N)c1cc(OC)cc(OC)c1F. The lowest BCUT2D eigenvalue weighted by Crippen LogP contribution is -2.37. The van der Waals surface area contributed by atoms with Crippen LogP contribution in [0, 0.1) is 16.6 Å². The number of rotatable bonds is 10. The fourth-order valence-electron chi connectivity index (χ4n) is 3.02. The van der Waals surface area contributed by atoms with E-state index in [1.807, 2.05) is 0 Å². The van der Waals surface area contributed by atoms with Gasteiger partial charge in [-0.2, -0.15) is 5.10 Å². The first-order valence-electron chi connectivity index (χ1n) is 10.3. The molecule has 0 spiro atoms. The van der Waals surface area contributed by atoms with E-state index in [1.165, 1.54) is 48.6 Å². The predicted molar refractivity (Wildman–Crippen MR) is 134 cm³/mol. The van der Waals surface area contributed by atoms with Crippen LogP contribution in [0.15, 0.2) is 42.3 Å². The highest BCUT2D eigenvalue weighted by Crippen LogP contribution is 2.33. The molecule has 3 aromatic rings. The summed E-state index contributed by atoms with van der Waals surface area (Å²) in [5.41, 5.74) is 1.78. The fraction of sp³-hybridized carbons (Fsp3) is 0.217. The number of hydrogen-bond acceptors (Lipinski definition) is 8. The quantitative estimate of drug-likeness (QED) is 0.337. The molecule has 0 radical (unpaired) electrons. The number of aryl methyl sites for hydroxylation is 1. The smallest absolute Gasteiger partial charge is 0.188 e. The summed E-state index contributed by atoms with van der Waals surface area (Å²) in [4.78, 5) is 16.1. The zero-order chi connectivity index (χ0) is 25.5. The van der Waals surface area contributed by atoms with Crippen LogP contribution in [0.5, 0.6) is 11.5 Å². The highest BCUT2D eigenvalue weighted by Gasteiger charge is 2.19. The van der Waals surface area contributed by atoms with Crippen LogP contribution >= 0.6 is 0 Å². The number of aliphatic imine (C=N–C) groups is 1. The van der Waals surface area contributed by atoms with Crippen LogP contribution in [0.3, 0.4) is 0 Å². The molecule has 0 fully saturated rings. The van der Waals surface area contributed by atoms with Gasteiger partial charge in [0.25, 0.3) is 0 Å². The number of anilines is 1. The number of hydrogen-bond donors (Lipinski definition) is 2. The third-order valence-corrected chi connectivity index (χ3v) is 4.99. The maximum atomic E-state index is 15.3. The van der Waals surface area contributed by atoms with Crippen molar-refractivity contribution in [2.45, 2.75) is 0 Å². The summed E-state index contributed by atoms with van der Waals surface area (Å²) in [7, 11) is 6.14. The molecule has 0 aliphatic rings. The summed E-state index contributed by atoms with van der Waals surface area (Å²) in [5.74, 6) is -0.0758. The summed E-state index contributed by atoms with van der Waals surface area (Å²) < 4.78 is 27.3. The number of nitrogens with one attached hydrogen (secondary N) is 2. The van der Waals surface area contributed by atoms with Crippen molar-refractivity contribution in [2.75, 3.05) is 32.7 Å². The van der Waals surface area contributed by atoms with E-state index < -0.39 is 5.82 Å². The van der Waals surface area contributed by atoms with E-state index in [4.69, 9.17) is 20.3 Å². The zero-order valence-electron chi connectivity index (χ0n) is 19.9. The Labute approximate surface area is 202 Å². The number of benzene rings is 1. The zero-order valence-corrected chi connectivity index (χ0v) is 19.9. The molecular weight excluding hydrogens is 453 g/mol. The number of halogens is 1. The molecular formula is C23H26FN9O2. The second-order valence-electron chi connectivity index (χ2n) is 7.29. The first kappa shape index (κ1) is 25.0. The topological polar surface area (TPSA) is 129 Å². The Hall–Kier alpha value is -4.61. The molecule has 0 amide bonds. The Morgan fingerprint density at radius 1 is 1.29 bits per heavy atom. The first-order chi connectivity index (χ1) is 16.8. The van der Waals surface area contributed by atoms with Crippen molar-refractivity contribution < 1.29 is 13.9 Å². The van der Waals surface area contributed by atoms with E-state index in [9.17, 15) is 0 Å². The number of ether oxygens (including phenoxy) is 2. The van der Waals surface area contributed by atoms with Crippen LogP contribution < -0.4 is 14.4 Å². The number of aromatic nitrogens is 4. The lowest BCUT2D eigenvalue weighted by molar-refractivity contribution is 0.374. The largest absolute Gasteiger partial charge is 0.497 e. The molecule has 0 unspecified atom stereocenters. The standard InChI is InChI=1S/C23H26FN9O2/c1-6-17-23(30-18(10-27-17)15-9-29-32(3)11-15)28-14-33(12-21(26)31(2)13-25)19-7-16(34-4)8-20(35-5)22(19)24/h6-11,13-14,25-26H,1,12H2,2-5H3. The van der Waals surface area contributed by atoms with Gasteiger partial charge < -0.3 is 19.3 Å². The Morgan fingerprint density at radius 2 is 2.06 bits per heavy atom. The Kier molecular flexibility index (Phi) is 7.87. The molecule has 0 saturated carbocycles. The average Bonchev–Trinajstić information content (AvgIpc) is 3.32. The van der Waals surface area contributed by atoms with Crippen LogP contribution in [0.25, 0.3) is 17.3 Å². The molecule has 35 heavy (non-hydrogen) atoms. The van der Waals surface area contributed by atoms with Crippen LogP contribution in [0.4, 0.5) is 15.9 Å². The lowest BCUT2D eigenvalue weighted by Gasteiger charge is -2.24. The van der Waals surface area contributed by atoms with Crippen molar-refractivity contribution in [3.63, 3.8) is 0 Å². The van der Waals surface area contributed by atoms with Crippen molar-refractivity contribution in [3.05, 3.63) is 48.8 Å². The van der Waals surface area contributed by atoms with E-state index in [1.54, 1.807) is 37.4 Å². The molecule has 0 atom stereocenters. The van der Waals surface area contributed by atoms with Gasteiger partial charge >= 0.3 is 0 Å². The van der Waals surface area contributed by atoms with Gasteiger partial charge in [0.05, 0.1) is 57.2 Å². The second kappa shape index (κ2) is 11.0. The van der Waals surface area contributed by atoms with Gasteiger partial charge in [0.1, 0.15) is 17.3 Å². The van der Waals surface area contributed by atoms with Gasteiger partial charge in [0.15, 0.2) is 17.4 Å². The third kappa shape index (κ3) is 5.66. The van der Waals surface area contributed by atoms with E-state index in [0.29, 0.717) is 17.1 Å². The predicted octanol–water partition coefficient (Wildman–Crippen LogP) is 3.36. The molecule has 1 aromatic carbocycles. The number of methoxy groups -OCH3 is 2. The van der Waals surface area contributed by atoms with Crippen molar-refractivity contribution in [1.82, 2.24) is 24.6 Å². The Bertz CT molecular complexity index is 1270. The molecule has 0 saturated heterocycles. The monoisotopic (exact) mass is 479 g/mol. The highest BCUT2D eigenvalue weighted by atomic mass is 19.1. The van der Waals surface area contributed by atoms with E-state index >= 15 is 4.39 Å². The maximum Gasteiger partial charge on any atom is 0.188 e. The summed E-state index contributed by atoms with van der Waals surface area (Å²) in [6.45, 7) is 3.65. The molecule has 0 aliphatic heterocycles. The van der Waals surface area contributed by atoms with E-state index in [2.05, 4.69) is 26.6 Å². The van der Waals surface area contributed by atoms with Crippen molar-refractivity contribution in [2.24, 2.45) is 12.0 Å². The van der Waals surface area contributed by atoms with Gasteiger partial charge in [0, 0.05) is 38.0 Å². The lowest BCUT2D eigenvalue weighted by atomic mass is 10.2. The minimum Gasteiger partial charge on any atom is -0.497 e. The fourth-order valence-corrected chi connectivity index (χ4v) is 3.02. The minimum atomic E-state index is -0.663. The van der Waals surface area contributed by atoms with E-state index in [0.717, 1.165) is 11.9 Å².